The van der Waals surface area contributed by atoms with Crippen molar-refractivity contribution in [1.82, 2.24) is 5.32 Å². The summed E-state index contributed by atoms with van der Waals surface area (Å²) in [6.07, 6.45) is 1.94. The molecule has 5 heteroatoms. The van der Waals surface area contributed by atoms with E-state index in [0.29, 0.717) is 0 Å². The molecule has 1 saturated heterocycles. The van der Waals surface area contributed by atoms with E-state index in [4.69, 9.17) is 9.47 Å². The zero-order chi connectivity index (χ0) is 15.1. The number of ether oxygens (including phenoxy) is 2. The number of nitrogens with one attached hydrogen (secondary N) is 1. The minimum atomic E-state index is -0.884. The minimum Gasteiger partial charge on any atom is -0.458 e. The van der Waals surface area contributed by atoms with E-state index < -0.39 is 12.1 Å². The van der Waals surface area contributed by atoms with E-state index in [1.54, 1.807) is 0 Å². The van der Waals surface area contributed by atoms with Crippen LogP contribution in [0.15, 0.2) is 30.3 Å². The topological polar surface area (TPSA) is 64.6 Å². The van der Waals surface area contributed by atoms with E-state index in [9.17, 15) is 9.59 Å². The molecule has 1 aliphatic rings. The Kier molecular flexibility index (Phi) is 5.75. The van der Waals surface area contributed by atoms with Gasteiger partial charge in [-0.25, -0.2) is 4.79 Å². The van der Waals surface area contributed by atoms with E-state index >= 15 is 0 Å². The van der Waals surface area contributed by atoms with Gasteiger partial charge in [0.1, 0.15) is 12.6 Å². The Bertz CT molecular complexity index is 468. The van der Waals surface area contributed by atoms with Crippen molar-refractivity contribution in [1.29, 1.82) is 0 Å². The number of piperidine rings is 1. The second-order valence-corrected chi connectivity index (χ2v) is 5.17. The van der Waals surface area contributed by atoms with Crippen LogP contribution in [0, 0.1) is 0 Å². The lowest BCUT2D eigenvalue weighted by molar-refractivity contribution is -0.169. The number of benzene rings is 1. The van der Waals surface area contributed by atoms with Crippen LogP contribution in [0.25, 0.3) is 0 Å². The minimum absolute atomic E-state index is 0.184. The monoisotopic (exact) mass is 291 g/mol. The molecule has 1 aromatic rings. The normalized spacial score (nSPS) is 19.6. The molecule has 2 rings (SSSR count). The Morgan fingerprint density at radius 1 is 1.29 bits per heavy atom. The van der Waals surface area contributed by atoms with Crippen molar-refractivity contribution in [2.75, 3.05) is 6.54 Å². The molecule has 5 nitrogen and oxygen atoms in total. The van der Waals surface area contributed by atoms with Crippen molar-refractivity contribution in [3.63, 3.8) is 0 Å². The molecule has 0 aromatic heterocycles. The van der Waals surface area contributed by atoms with Crippen molar-refractivity contribution < 1.29 is 19.1 Å². The molecular formula is C16H21NO4. The molecule has 0 aliphatic carbocycles. The molecule has 1 heterocycles. The predicted molar refractivity (Wildman–Crippen MR) is 77.4 cm³/mol. The second-order valence-electron chi connectivity index (χ2n) is 5.17. The fourth-order valence-corrected chi connectivity index (χ4v) is 2.20. The zero-order valence-electron chi connectivity index (χ0n) is 12.2. The van der Waals surface area contributed by atoms with Gasteiger partial charge in [0.2, 0.25) is 0 Å². The van der Waals surface area contributed by atoms with Gasteiger partial charge in [-0.05, 0) is 31.9 Å². The van der Waals surface area contributed by atoms with Crippen LogP contribution in [-0.4, -0.2) is 30.6 Å². The van der Waals surface area contributed by atoms with Crippen molar-refractivity contribution >= 4 is 11.9 Å². The highest BCUT2D eigenvalue weighted by Gasteiger charge is 2.26. The van der Waals surface area contributed by atoms with Crippen LogP contribution < -0.4 is 5.32 Å². The fourth-order valence-electron chi connectivity index (χ4n) is 2.20. The van der Waals surface area contributed by atoms with Gasteiger partial charge in [0.25, 0.3) is 0 Å². The molecule has 1 fully saturated rings. The van der Waals surface area contributed by atoms with Crippen LogP contribution in [0.1, 0.15) is 31.7 Å². The van der Waals surface area contributed by atoms with Gasteiger partial charge in [-0.15, -0.1) is 0 Å². The van der Waals surface area contributed by atoms with Gasteiger partial charge in [-0.1, -0.05) is 36.8 Å². The molecule has 114 valence electrons. The smallest absolute Gasteiger partial charge is 0.347 e. The van der Waals surface area contributed by atoms with Gasteiger partial charge in [-0.2, -0.15) is 0 Å². The molecule has 0 amide bonds. The largest absolute Gasteiger partial charge is 0.458 e. The summed E-state index contributed by atoms with van der Waals surface area (Å²) in [5.41, 5.74) is 0.901. The van der Waals surface area contributed by atoms with Gasteiger partial charge in [0.05, 0.1) is 0 Å². The SMILES string of the molecule is C[C@@H](OC(=O)[C@@H]1CCCCN1)C(=O)OCc1ccccc1. The van der Waals surface area contributed by atoms with Gasteiger partial charge in [0.15, 0.2) is 6.10 Å². The first kappa shape index (κ1) is 15.5. The van der Waals surface area contributed by atoms with Crippen LogP contribution >= 0.6 is 0 Å². The van der Waals surface area contributed by atoms with Gasteiger partial charge in [-0.3, -0.25) is 4.79 Å². The lowest BCUT2D eigenvalue weighted by Crippen LogP contribution is -2.43. The molecule has 1 aliphatic heterocycles. The molecule has 0 bridgehead atoms. The maximum atomic E-state index is 11.9. The molecule has 21 heavy (non-hydrogen) atoms. The van der Waals surface area contributed by atoms with Crippen LogP contribution in [0.4, 0.5) is 0 Å². The van der Waals surface area contributed by atoms with E-state index in [-0.39, 0.29) is 18.6 Å². The Hall–Kier alpha value is -1.88. The number of rotatable bonds is 5. The molecule has 1 aromatic carbocycles. The average Bonchev–Trinajstić information content (AvgIpc) is 2.54. The zero-order valence-corrected chi connectivity index (χ0v) is 12.2. The van der Waals surface area contributed by atoms with Crippen molar-refractivity contribution in [3.8, 4) is 0 Å². The van der Waals surface area contributed by atoms with Gasteiger partial charge in [0, 0.05) is 0 Å². The number of hydrogen-bond donors (Lipinski definition) is 1. The first-order chi connectivity index (χ1) is 10.2. The summed E-state index contributed by atoms with van der Waals surface area (Å²) in [6.45, 7) is 2.53. The molecule has 0 spiro atoms. The summed E-state index contributed by atoms with van der Waals surface area (Å²) in [7, 11) is 0. The third kappa shape index (κ3) is 4.86. The number of carbonyl (C=O) groups is 2. The first-order valence-corrected chi connectivity index (χ1v) is 7.31. The maximum Gasteiger partial charge on any atom is 0.347 e. The lowest BCUT2D eigenvalue weighted by Gasteiger charge is -2.23. The van der Waals surface area contributed by atoms with Crippen LogP contribution in [0.2, 0.25) is 0 Å². The maximum absolute atomic E-state index is 11.9. The fraction of sp³-hybridized carbons (Fsp3) is 0.500. The van der Waals surface area contributed by atoms with E-state index in [1.165, 1.54) is 6.92 Å². The Labute approximate surface area is 124 Å². The van der Waals surface area contributed by atoms with Crippen LogP contribution in [0.3, 0.4) is 0 Å². The first-order valence-electron chi connectivity index (χ1n) is 7.31. The van der Waals surface area contributed by atoms with E-state index in [1.807, 2.05) is 30.3 Å². The summed E-state index contributed by atoms with van der Waals surface area (Å²) < 4.78 is 10.3. The number of hydrogen-bond acceptors (Lipinski definition) is 5. The highest BCUT2D eigenvalue weighted by atomic mass is 16.6. The van der Waals surface area contributed by atoms with Crippen molar-refractivity contribution in [2.24, 2.45) is 0 Å². The summed E-state index contributed by atoms with van der Waals surface area (Å²) in [4.78, 5) is 23.7. The number of carbonyl (C=O) groups excluding carboxylic acids is 2. The third-order valence-electron chi connectivity index (χ3n) is 3.44. The highest BCUT2D eigenvalue weighted by Crippen LogP contribution is 2.10. The average molecular weight is 291 g/mol. The Morgan fingerprint density at radius 2 is 2.05 bits per heavy atom. The van der Waals surface area contributed by atoms with Crippen LogP contribution in [-0.2, 0) is 25.7 Å². The summed E-state index contributed by atoms with van der Waals surface area (Å²) in [5.74, 6) is -0.901. The molecule has 1 N–H and O–H groups in total. The summed E-state index contributed by atoms with van der Waals surface area (Å²) in [6, 6.07) is 9.09. The second kappa shape index (κ2) is 7.78. The molecule has 0 radical (unpaired) electrons. The lowest BCUT2D eigenvalue weighted by atomic mass is 10.1. The number of esters is 2. The molecule has 0 unspecified atom stereocenters. The van der Waals surface area contributed by atoms with Gasteiger partial charge < -0.3 is 14.8 Å². The Morgan fingerprint density at radius 3 is 2.71 bits per heavy atom. The van der Waals surface area contributed by atoms with Crippen molar-refractivity contribution in [2.45, 2.75) is 44.9 Å². The molecular weight excluding hydrogens is 270 g/mol. The Balaban J connectivity index is 1.75. The third-order valence-corrected chi connectivity index (χ3v) is 3.44. The summed E-state index contributed by atoms with van der Waals surface area (Å²) >= 11 is 0. The van der Waals surface area contributed by atoms with Gasteiger partial charge >= 0.3 is 11.9 Å². The van der Waals surface area contributed by atoms with E-state index in [2.05, 4.69) is 5.32 Å². The predicted octanol–water partition coefficient (Wildman–Crippen LogP) is 1.80. The quantitative estimate of drug-likeness (QED) is 0.838. The van der Waals surface area contributed by atoms with Crippen molar-refractivity contribution in [3.05, 3.63) is 35.9 Å². The van der Waals surface area contributed by atoms with Crippen LogP contribution in [0.5, 0.6) is 0 Å². The highest BCUT2D eigenvalue weighted by molar-refractivity contribution is 5.81. The van der Waals surface area contributed by atoms with E-state index in [0.717, 1.165) is 31.4 Å². The standard InChI is InChI=1S/C16H21NO4/c1-12(21-16(19)14-9-5-6-10-17-14)15(18)20-11-13-7-3-2-4-8-13/h2-4,7-8,12,14,17H,5-6,9-11H2,1H3/t12-,14+/m1/s1. The molecule has 2 atom stereocenters. The molecule has 0 saturated carbocycles. The summed E-state index contributed by atoms with van der Waals surface area (Å²) in [5, 5.41) is 3.09.